The van der Waals surface area contributed by atoms with Crippen LogP contribution in [-0.2, 0) is 4.79 Å². The molecule has 4 rings (SSSR count). The van der Waals surface area contributed by atoms with Gasteiger partial charge in [0, 0.05) is 29.3 Å². The third-order valence-corrected chi connectivity index (χ3v) is 4.64. The van der Waals surface area contributed by atoms with Gasteiger partial charge >= 0.3 is 0 Å². The van der Waals surface area contributed by atoms with Gasteiger partial charge in [-0.2, -0.15) is 0 Å². The first kappa shape index (κ1) is 16.8. The summed E-state index contributed by atoms with van der Waals surface area (Å²) < 4.78 is 0. The Labute approximate surface area is 158 Å². The van der Waals surface area contributed by atoms with Gasteiger partial charge in [-0.1, -0.05) is 42.5 Å². The lowest BCUT2D eigenvalue weighted by molar-refractivity contribution is -0.384. The van der Waals surface area contributed by atoms with Gasteiger partial charge in [0.2, 0.25) is 0 Å². The van der Waals surface area contributed by atoms with Gasteiger partial charge in [-0.05, 0) is 11.6 Å². The van der Waals surface area contributed by atoms with Crippen LogP contribution < -0.4 is 4.90 Å². The summed E-state index contributed by atoms with van der Waals surface area (Å²) in [6.45, 7) is 0. The van der Waals surface area contributed by atoms with E-state index in [0.29, 0.717) is 16.5 Å². The van der Waals surface area contributed by atoms with Crippen LogP contribution in [0.15, 0.2) is 76.9 Å². The van der Waals surface area contributed by atoms with Crippen molar-refractivity contribution in [2.24, 2.45) is 4.99 Å². The van der Waals surface area contributed by atoms with Crippen molar-refractivity contribution in [1.29, 1.82) is 0 Å². The number of amides is 1. The van der Waals surface area contributed by atoms with Gasteiger partial charge < -0.3 is 0 Å². The Bertz CT molecular complexity index is 1080. The first-order valence-electron chi connectivity index (χ1n) is 7.98. The van der Waals surface area contributed by atoms with E-state index in [1.807, 2.05) is 30.3 Å². The van der Waals surface area contributed by atoms with Crippen molar-refractivity contribution in [2.45, 2.75) is 0 Å². The lowest BCUT2D eigenvalue weighted by Gasteiger charge is -2.14. The van der Waals surface area contributed by atoms with Crippen LogP contribution in [0.2, 0.25) is 0 Å². The van der Waals surface area contributed by atoms with Gasteiger partial charge in [0.15, 0.2) is 5.13 Å². The number of non-ortho nitro benzene ring substituents is 1. The molecule has 0 unspecified atom stereocenters. The number of carbonyl (C=O) groups excluding carboxylic acids is 1. The number of nitro groups is 1. The number of carbonyl (C=O) groups is 1. The highest BCUT2D eigenvalue weighted by Gasteiger charge is 2.33. The third kappa shape index (κ3) is 3.25. The molecule has 1 amide bonds. The summed E-state index contributed by atoms with van der Waals surface area (Å²) in [6.07, 6.45) is 3.17. The van der Waals surface area contributed by atoms with E-state index < -0.39 is 4.92 Å². The quantitative estimate of drug-likeness (QED) is 0.393. The highest BCUT2D eigenvalue weighted by atomic mass is 32.1. The number of nitro benzene ring substituents is 1. The standard InChI is InChI=1S/C19H12N4O3S/c24-18-16(12-13-5-4-8-15(11-13)23(25)26)21-17(14-6-2-1-3-7-14)22(18)19-20-9-10-27-19/h1-12H. The molecular weight excluding hydrogens is 364 g/mol. The Morgan fingerprint density at radius 2 is 1.93 bits per heavy atom. The van der Waals surface area contributed by atoms with E-state index >= 15 is 0 Å². The zero-order chi connectivity index (χ0) is 18.8. The van der Waals surface area contributed by atoms with E-state index in [4.69, 9.17) is 0 Å². The Morgan fingerprint density at radius 3 is 2.63 bits per heavy atom. The Hall–Kier alpha value is -3.65. The number of benzene rings is 2. The summed E-state index contributed by atoms with van der Waals surface area (Å²) in [7, 11) is 0. The van der Waals surface area contributed by atoms with E-state index in [9.17, 15) is 14.9 Å². The summed E-state index contributed by atoms with van der Waals surface area (Å²) in [5.74, 6) is 0.155. The monoisotopic (exact) mass is 376 g/mol. The van der Waals surface area contributed by atoms with E-state index in [-0.39, 0.29) is 17.3 Å². The average molecular weight is 376 g/mol. The fourth-order valence-electron chi connectivity index (χ4n) is 2.69. The third-order valence-electron chi connectivity index (χ3n) is 3.89. The molecule has 0 saturated carbocycles. The molecule has 0 saturated heterocycles. The number of anilines is 1. The van der Waals surface area contributed by atoms with Crippen molar-refractivity contribution in [2.75, 3.05) is 4.90 Å². The van der Waals surface area contributed by atoms with Crippen LogP contribution in [0.5, 0.6) is 0 Å². The maximum absolute atomic E-state index is 13.0. The Balaban J connectivity index is 1.80. The predicted octanol–water partition coefficient (Wildman–Crippen LogP) is 3.89. The second-order valence-electron chi connectivity index (χ2n) is 5.64. The van der Waals surface area contributed by atoms with E-state index in [1.54, 1.807) is 29.8 Å². The van der Waals surface area contributed by atoms with Crippen molar-refractivity contribution in [1.82, 2.24) is 4.98 Å². The van der Waals surface area contributed by atoms with Crippen molar-refractivity contribution in [3.63, 3.8) is 0 Å². The largest absolute Gasteiger partial charge is 0.284 e. The zero-order valence-corrected chi connectivity index (χ0v) is 14.7. The molecule has 1 aliphatic rings. The SMILES string of the molecule is O=C1C(=Cc2cccc([N+](=O)[O-])c2)N=C(c2ccccc2)N1c1nccs1. The fraction of sp³-hybridized carbons (Fsp3) is 0. The van der Waals surface area contributed by atoms with Gasteiger partial charge in [-0.15, -0.1) is 11.3 Å². The normalized spacial score (nSPS) is 15.3. The number of thiazole rings is 1. The Morgan fingerprint density at radius 1 is 1.11 bits per heavy atom. The molecule has 0 aliphatic carbocycles. The molecule has 8 heteroatoms. The van der Waals surface area contributed by atoms with Crippen LogP contribution >= 0.6 is 11.3 Å². The average Bonchev–Trinajstić information content (AvgIpc) is 3.31. The van der Waals surface area contributed by atoms with E-state index in [1.165, 1.54) is 28.4 Å². The molecule has 2 heterocycles. The molecule has 1 aliphatic heterocycles. The predicted molar refractivity (Wildman–Crippen MR) is 104 cm³/mol. The second kappa shape index (κ2) is 6.93. The van der Waals surface area contributed by atoms with Crippen LogP contribution in [0.4, 0.5) is 10.8 Å². The molecule has 3 aromatic rings. The molecule has 7 nitrogen and oxygen atoms in total. The molecule has 27 heavy (non-hydrogen) atoms. The molecule has 0 bridgehead atoms. The highest BCUT2D eigenvalue weighted by Crippen LogP contribution is 2.29. The molecule has 0 radical (unpaired) electrons. The number of hydrogen-bond donors (Lipinski definition) is 0. The minimum atomic E-state index is -0.473. The highest BCUT2D eigenvalue weighted by molar-refractivity contribution is 7.14. The van der Waals surface area contributed by atoms with Gasteiger partial charge in [0.05, 0.1) is 4.92 Å². The van der Waals surface area contributed by atoms with Crippen LogP contribution in [-0.4, -0.2) is 21.7 Å². The number of aliphatic imine (C=N–C) groups is 1. The number of rotatable bonds is 4. The topological polar surface area (TPSA) is 88.7 Å². The first-order chi connectivity index (χ1) is 13.1. The van der Waals surface area contributed by atoms with Gasteiger partial charge in [-0.25, -0.2) is 14.9 Å². The summed E-state index contributed by atoms with van der Waals surface area (Å²) >= 11 is 1.33. The zero-order valence-electron chi connectivity index (χ0n) is 13.9. The molecule has 2 aromatic carbocycles. The number of nitrogens with zero attached hydrogens (tertiary/aromatic N) is 4. The number of amidine groups is 1. The molecular formula is C19H12N4O3S. The molecule has 1 aromatic heterocycles. The smallest absolute Gasteiger partial charge is 0.266 e. The molecule has 0 fully saturated rings. The number of aromatic nitrogens is 1. The van der Waals surface area contributed by atoms with E-state index in [0.717, 1.165) is 5.56 Å². The van der Waals surface area contributed by atoms with Crippen molar-refractivity contribution < 1.29 is 9.72 Å². The van der Waals surface area contributed by atoms with Crippen LogP contribution in [0.3, 0.4) is 0 Å². The van der Waals surface area contributed by atoms with Crippen LogP contribution in [0.1, 0.15) is 11.1 Å². The van der Waals surface area contributed by atoms with Gasteiger partial charge in [0.1, 0.15) is 11.5 Å². The van der Waals surface area contributed by atoms with Gasteiger partial charge in [-0.3, -0.25) is 14.9 Å². The maximum atomic E-state index is 13.0. The van der Waals surface area contributed by atoms with E-state index in [2.05, 4.69) is 9.98 Å². The molecule has 0 spiro atoms. The fourth-order valence-corrected chi connectivity index (χ4v) is 3.33. The van der Waals surface area contributed by atoms with Crippen LogP contribution in [0.25, 0.3) is 6.08 Å². The minimum Gasteiger partial charge on any atom is -0.266 e. The van der Waals surface area contributed by atoms with Crippen molar-refractivity contribution in [3.05, 3.63) is 93.1 Å². The lowest BCUT2D eigenvalue weighted by Crippen LogP contribution is -2.32. The number of hydrogen-bond acceptors (Lipinski definition) is 6. The minimum absolute atomic E-state index is 0.0427. The van der Waals surface area contributed by atoms with Crippen molar-refractivity contribution >= 4 is 40.0 Å². The molecule has 0 N–H and O–H groups in total. The molecule has 132 valence electrons. The summed E-state index contributed by atoms with van der Waals surface area (Å²) in [5.41, 5.74) is 1.47. The summed E-state index contributed by atoms with van der Waals surface area (Å²) in [6, 6.07) is 15.4. The van der Waals surface area contributed by atoms with Crippen LogP contribution in [0, 0.1) is 10.1 Å². The molecule has 0 atom stereocenters. The summed E-state index contributed by atoms with van der Waals surface area (Å²) in [5, 5.41) is 13.3. The lowest BCUT2D eigenvalue weighted by atomic mass is 10.1. The Kier molecular flexibility index (Phi) is 4.31. The first-order valence-corrected chi connectivity index (χ1v) is 8.85. The maximum Gasteiger partial charge on any atom is 0.284 e. The van der Waals surface area contributed by atoms with Gasteiger partial charge in [0.25, 0.3) is 11.6 Å². The summed E-state index contributed by atoms with van der Waals surface area (Å²) in [4.78, 5) is 33.7. The van der Waals surface area contributed by atoms with Crippen molar-refractivity contribution in [3.8, 4) is 0 Å². The second-order valence-corrected chi connectivity index (χ2v) is 6.51.